The second-order valence-electron chi connectivity index (χ2n) is 35.2. The van der Waals surface area contributed by atoms with Crippen LogP contribution in [0.2, 0.25) is 0 Å². The largest absolute Gasteiger partial charge is 0.394 e. The summed E-state index contributed by atoms with van der Waals surface area (Å²) in [6.45, 7) is -12.5. The highest BCUT2D eigenvalue weighted by molar-refractivity contribution is 5.73. The van der Waals surface area contributed by atoms with E-state index in [0.29, 0.717) is 0 Å². The van der Waals surface area contributed by atoms with Gasteiger partial charge in [0.1, 0.15) is 293 Å². The average Bonchev–Trinajstić information content (AvgIpc) is 0.760. The third kappa shape index (κ3) is 24.5. The number of rotatable bonds is 36. The summed E-state index contributed by atoms with van der Waals surface area (Å²) < 4.78 is 136. The van der Waals surface area contributed by atoms with Crippen molar-refractivity contribution in [2.24, 2.45) is 0 Å². The van der Waals surface area contributed by atoms with Gasteiger partial charge in [-0.1, -0.05) is 0 Å². The van der Waals surface area contributed by atoms with Gasteiger partial charge in [-0.05, 0) is 0 Å². The Morgan fingerprint density at radius 1 is 0.187 bits per heavy atom. The number of aliphatic hydroxyl groups is 36. The molecule has 63 heteroatoms. The minimum atomic E-state index is -2.73. The van der Waals surface area contributed by atoms with Crippen molar-refractivity contribution in [3.05, 3.63) is 0 Å². The molecule has 12 rings (SSSR count). The molecule has 38 N–H and O–H groups in total. The lowest BCUT2D eigenvalue weighted by Crippen LogP contribution is -2.70. The maximum Gasteiger partial charge on any atom is 0.217 e. The van der Waals surface area contributed by atoms with Crippen molar-refractivity contribution < 1.29 is 302 Å². The number of nitrogens with one attached hydrogen (secondary N) is 2. The molecule has 0 spiro atoms. The van der Waals surface area contributed by atoms with Crippen LogP contribution in [0.3, 0.4) is 0 Å². The highest BCUT2D eigenvalue weighted by Gasteiger charge is 2.64. The van der Waals surface area contributed by atoms with Crippen LogP contribution in [0.1, 0.15) is 13.8 Å². The fraction of sp³-hybridized carbons (Fsp3) is 0.974. The van der Waals surface area contributed by atoms with Gasteiger partial charge in [0.05, 0.1) is 79.3 Å². The molecule has 0 aromatic carbocycles. The summed E-state index contributed by atoms with van der Waals surface area (Å²) in [5, 5.41) is 408. The van der Waals surface area contributed by atoms with E-state index in [-0.39, 0.29) is 0 Å². The number of hydrogen-bond donors (Lipinski definition) is 38. The maximum absolute atomic E-state index is 13.2. The van der Waals surface area contributed by atoms with E-state index in [1.165, 1.54) is 0 Å². The Hall–Kier alpha value is -3.42. The molecule has 12 heterocycles. The molecule has 12 fully saturated rings. The zero-order valence-electron chi connectivity index (χ0n) is 73.4. The van der Waals surface area contributed by atoms with E-state index in [2.05, 4.69) is 10.6 Å². The molecule has 139 heavy (non-hydrogen) atoms. The van der Waals surface area contributed by atoms with Crippen LogP contribution < -0.4 is 10.6 Å². The molecule has 2 amide bonds. The Morgan fingerprint density at radius 3 is 0.712 bits per heavy atom. The summed E-state index contributed by atoms with van der Waals surface area (Å²) >= 11 is 0. The Labute approximate surface area is 784 Å². The molecule has 12 aliphatic heterocycles. The van der Waals surface area contributed by atoms with Crippen molar-refractivity contribution >= 4 is 11.8 Å². The van der Waals surface area contributed by atoms with Crippen LogP contribution >= 0.6 is 0 Å². The molecule has 0 radical (unpaired) electrons. The summed E-state index contributed by atoms with van der Waals surface area (Å²) in [6, 6.07) is -3.76. The maximum atomic E-state index is 13.2. The number of carbonyl (C=O) groups is 2. The highest BCUT2D eigenvalue weighted by atomic mass is 16.8. The van der Waals surface area contributed by atoms with Crippen LogP contribution in [0.4, 0.5) is 0 Å². The van der Waals surface area contributed by atoms with Crippen LogP contribution in [0.15, 0.2) is 0 Å². The lowest BCUT2D eigenvalue weighted by atomic mass is 9.94. The van der Waals surface area contributed by atoms with Crippen molar-refractivity contribution in [1.29, 1.82) is 0 Å². The zero-order chi connectivity index (χ0) is 102. The zero-order valence-corrected chi connectivity index (χ0v) is 73.4. The van der Waals surface area contributed by atoms with Crippen LogP contribution in [-0.2, 0) is 119 Å². The van der Waals surface area contributed by atoms with Crippen molar-refractivity contribution in [3.63, 3.8) is 0 Å². The van der Waals surface area contributed by atoms with E-state index >= 15 is 0 Å². The van der Waals surface area contributed by atoms with Gasteiger partial charge >= 0.3 is 0 Å². The molecule has 0 bridgehead atoms. The molecule has 0 aromatic rings. The number of hydrogen-bond acceptors (Lipinski definition) is 61. The van der Waals surface area contributed by atoms with E-state index in [1.54, 1.807) is 0 Å². The third-order valence-electron chi connectivity index (χ3n) is 25.9. The van der Waals surface area contributed by atoms with Gasteiger partial charge in [-0.3, -0.25) is 9.59 Å². The monoisotopic (exact) mass is 2040 g/mol. The number of ether oxygens (including phenoxy) is 23. The lowest BCUT2D eigenvalue weighted by molar-refractivity contribution is -0.409. The molecule has 0 aromatic heterocycles. The molecule has 0 saturated carbocycles. The Balaban J connectivity index is 0.912. The van der Waals surface area contributed by atoms with Gasteiger partial charge in [-0.25, -0.2) is 0 Å². The summed E-state index contributed by atoms with van der Waals surface area (Å²) in [5.74, 6) is -1.86. The van der Waals surface area contributed by atoms with Gasteiger partial charge in [0.15, 0.2) is 75.5 Å². The molecule has 12 saturated heterocycles. The molecular weight excluding hydrogens is 1920 g/mol. The highest BCUT2D eigenvalue weighted by Crippen LogP contribution is 2.43. The summed E-state index contributed by atoms with van der Waals surface area (Å²) in [5.41, 5.74) is 0. The van der Waals surface area contributed by atoms with E-state index in [1.807, 2.05) is 0 Å². The van der Waals surface area contributed by atoms with Crippen LogP contribution in [0.5, 0.6) is 0 Å². The molecule has 12 aliphatic rings. The second kappa shape index (κ2) is 49.8. The minimum absolute atomic E-state index is 0.838. The quantitative estimate of drug-likeness (QED) is 0.0277. The predicted octanol–water partition coefficient (Wildman–Crippen LogP) is -26.9. The first-order valence-corrected chi connectivity index (χ1v) is 44.2. The normalized spacial score (nSPS) is 51.9. The second-order valence-corrected chi connectivity index (χ2v) is 35.2. The number of amides is 2. The topological polar surface area (TPSA) is 999 Å². The smallest absolute Gasteiger partial charge is 0.217 e. The van der Waals surface area contributed by atoms with E-state index in [4.69, 9.17) is 109 Å². The summed E-state index contributed by atoms with van der Waals surface area (Å²) in [4.78, 5) is 25.5. The summed E-state index contributed by atoms with van der Waals surface area (Å²) in [6.07, 6.45) is -131. The van der Waals surface area contributed by atoms with Crippen molar-refractivity contribution in [2.75, 3.05) is 79.3 Å². The Bertz CT molecular complexity index is 3730. The van der Waals surface area contributed by atoms with Gasteiger partial charge in [0.25, 0.3) is 0 Å². The van der Waals surface area contributed by atoms with Crippen LogP contribution in [0, 0.1) is 0 Å². The molecular formula is C76H128N2O61. The number of carbonyl (C=O) groups excluding carboxylic acids is 2. The van der Waals surface area contributed by atoms with Crippen LogP contribution in [0.25, 0.3) is 0 Å². The molecule has 63 nitrogen and oxygen atoms in total. The van der Waals surface area contributed by atoms with Gasteiger partial charge in [-0.2, -0.15) is 0 Å². The van der Waals surface area contributed by atoms with Crippen molar-refractivity contribution in [1.82, 2.24) is 10.6 Å². The first-order valence-electron chi connectivity index (χ1n) is 44.2. The van der Waals surface area contributed by atoms with E-state index < -0.39 is 459 Å². The third-order valence-corrected chi connectivity index (χ3v) is 25.9. The fourth-order valence-electron chi connectivity index (χ4n) is 17.9. The Kier molecular flexibility index (Phi) is 41.0. The molecule has 0 aliphatic carbocycles. The summed E-state index contributed by atoms with van der Waals surface area (Å²) in [7, 11) is 0. The van der Waals surface area contributed by atoms with Crippen molar-refractivity contribution in [2.45, 2.75) is 382 Å². The standard InChI is InChI=1S/C76H128N2O61/c1-15(89)77-29-41(101)56(25(11-87)119-65(29)116)131-66-30(78-16(2)90)42(102)57(26(12-88)128-66)132-71-55(115)59(134-74-64(50(110)38(98)22(8-84)125-74)139-76-63(49(109)37(97)24(10-86)127-76)137-70-53(113)45(105)33(93)19(5-81)122-70)40(100)28(130-71)13-117-67-54(114)58(133-73-61(47(107)35(95)21(7-83)124-73)135-68-51(111)43(103)31(91)17(3-79)120-68)39(99)27(129-67)14-118-72-60(46(106)34(94)20(6-82)123-72)138-75-62(48(108)36(96)23(9-85)126-75)136-69-52(112)44(104)32(92)18(4-80)121-69/h17-76,79-88,91-116H,3-14H2,1-2H3,(H,77,89)(H,78,90)/t17-,18-,19-,20-,21-,22-,23-,24-,25-,26-,27-,28-,29-,30-,31-,32+,33-,34-,35-,36-,37-,38-,39-,40-,41-,42-,43+,44+,45+,46+,47+,48+,49+,50+,51+,52-,53+,54+,55+,56-,57-,58+,59+,60+,61+,62+,63+,64+,65?,66+,67+,68-,69-,70-,71+,72+,73-,74-,75-,76-/m1/s1. The lowest BCUT2D eigenvalue weighted by Gasteiger charge is -2.51. The number of aliphatic hydroxyl groups excluding tert-OH is 36. The Morgan fingerprint density at radius 2 is 0.396 bits per heavy atom. The van der Waals surface area contributed by atoms with E-state index in [0.717, 1.165) is 13.8 Å². The first kappa shape index (κ1) is 114. The molecule has 808 valence electrons. The van der Waals surface area contributed by atoms with Gasteiger partial charge in [-0.15, -0.1) is 0 Å². The molecule has 60 atom stereocenters. The fourth-order valence-corrected chi connectivity index (χ4v) is 17.9. The van der Waals surface area contributed by atoms with Gasteiger partial charge in [0, 0.05) is 13.8 Å². The molecule has 1 unspecified atom stereocenters. The SMILES string of the molecule is CC(=O)N[C@H]1[C@H](O[C@H]2[C@H](O)[C@@H](NC(C)=O)C(O)O[C@@H]2CO)O[C@H](CO)[C@@H](O[C@@H]2O[C@H](CO[C@H]3O[C@H](CO[C@H]4O[C@H](CO)[C@@H](O)[C@H](O)[C@@H]4O[C@H]4O[C@H](CO)[C@@H](O)[C@H](O)[C@@H]4O[C@H]4O[C@H](CO)[C@H](O)[C@H](O)[C@H]4O)[C@@H](O)[C@H](O[C@H]4O[C@H](CO)[C@@H](O)[C@H](O)[C@@H]4O[C@H]4O[C@H](CO)[C@@H](O)[C@H](O)[C@@H]4O)[C@@H]3O)[C@@H](O)[C@H](O[C@H]3O[C@H](CO)[C@@H](O)[C@H](O)[C@@H]3O[C@H]3O[C@H](CO)[C@@H](O)[C@H](O)[C@@H]3O[C@H]3O[C@H](CO)[C@@H](O)[C@H](O)[C@@H]3O)[C@@H]2O)[C@@H]1O. The van der Waals surface area contributed by atoms with Gasteiger partial charge < -0.3 is 303 Å². The average molecular weight is 2050 g/mol. The minimum Gasteiger partial charge on any atom is -0.394 e. The van der Waals surface area contributed by atoms with E-state index in [9.17, 15) is 193 Å². The van der Waals surface area contributed by atoms with Crippen LogP contribution in [-0.4, -0.2) is 643 Å². The first-order chi connectivity index (χ1) is 65.9. The van der Waals surface area contributed by atoms with Crippen molar-refractivity contribution in [3.8, 4) is 0 Å². The predicted molar refractivity (Wildman–Crippen MR) is 418 cm³/mol. The van der Waals surface area contributed by atoms with Gasteiger partial charge in [0.2, 0.25) is 11.8 Å².